The minimum atomic E-state index is -0.0474. The molecule has 0 unspecified atom stereocenters. The van der Waals surface area contributed by atoms with Gasteiger partial charge in [0.15, 0.2) is 5.13 Å². The first-order chi connectivity index (χ1) is 12.3. The quantitative estimate of drug-likeness (QED) is 0.677. The molecule has 0 bridgehead atoms. The SMILES string of the molecule is O=C(Cc1csc(-c2ccccc2)n1)Nc1nc2c(s1)CCCCC2. The molecule has 0 fully saturated rings. The summed E-state index contributed by atoms with van der Waals surface area (Å²) < 4.78 is 0. The van der Waals surface area contributed by atoms with E-state index >= 15 is 0 Å². The molecule has 1 aromatic carbocycles. The zero-order valence-corrected chi connectivity index (χ0v) is 15.5. The molecule has 1 aliphatic rings. The number of carbonyl (C=O) groups excluding carboxylic acids is 1. The second kappa shape index (κ2) is 7.45. The number of nitrogens with zero attached hydrogens (tertiary/aromatic N) is 2. The summed E-state index contributed by atoms with van der Waals surface area (Å²) in [6.45, 7) is 0. The van der Waals surface area contributed by atoms with Gasteiger partial charge in [-0.05, 0) is 25.7 Å². The molecular weight excluding hydrogens is 350 g/mol. The van der Waals surface area contributed by atoms with Gasteiger partial charge < -0.3 is 5.32 Å². The molecule has 4 rings (SSSR count). The van der Waals surface area contributed by atoms with Crippen molar-refractivity contribution in [3.05, 3.63) is 52.0 Å². The number of benzene rings is 1. The lowest BCUT2D eigenvalue weighted by Gasteiger charge is -1.99. The zero-order chi connectivity index (χ0) is 17.1. The third-order valence-electron chi connectivity index (χ3n) is 4.26. The Balaban J connectivity index is 1.40. The number of thiazole rings is 2. The molecule has 1 N–H and O–H groups in total. The number of hydrogen-bond donors (Lipinski definition) is 1. The van der Waals surface area contributed by atoms with Crippen molar-refractivity contribution in [2.24, 2.45) is 0 Å². The van der Waals surface area contributed by atoms with E-state index in [-0.39, 0.29) is 12.3 Å². The Morgan fingerprint density at radius 1 is 1.08 bits per heavy atom. The number of aryl methyl sites for hydroxylation is 2. The Hall–Kier alpha value is -2.05. The summed E-state index contributed by atoms with van der Waals surface area (Å²) in [5.41, 5.74) is 3.07. The van der Waals surface area contributed by atoms with Gasteiger partial charge in [0.05, 0.1) is 17.8 Å². The number of carbonyl (C=O) groups is 1. The fourth-order valence-corrected chi connectivity index (χ4v) is 4.90. The van der Waals surface area contributed by atoms with Gasteiger partial charge in [0.2, 0.25) is 5.91 Å². The van der Waals surface area contributed by atoms with Crippen LogP contribution in [0.2, 0.25) is 0 Å². The average Bonchev–Trinajstić information content (AvgIpc) is 3.17. The molecule has 128 valence electrons. The Labute approximate surface area is 155 Å². The highest BCUT2D eigenvalue weighted by Gasteiger charge is 2.16. The number of hydrogen-bond acceptors (Lipinski definition) is 5. The first kappa shape index (κ1) is 16.4. The van der Waals surface area contributed by atoms with Gasteiger partial charge >= 0.3 is 0 Å². The molecule has 1 amide bonds. The van der Waals surface area contributed by atoms with Crippen LogP contribution in [-0.4, -0.2) is 15.9 Å². The van der Waals surface area contributed by atoms with Gasteiger partial charge in [0, 0.05) is 15.8 Å². The summed E-state index contributed by atoms with van der Waals surface area (Å²) in [5.74, 6) is -0.0474. The summed E-state index contributed by atoms with van der Waals surface area (Å²) in [6.07, 6.45) is 6.12. The zero-order valence-electron chi connectivity index (χ0n) is 13.8. The van der Waals surface area contributed by atoms with Crippen molar-refractivity contribution >= 4 is 33.7 Å². The highest BCUT2D eigenvalue weighted by Crippen LogP contribution is 2.29. The van der Waals surface area contributed by atoms with Crippen LogP contribution in [-0.2, 0) is 24.1 Å². The van der Waals surface area contributed by atoms with E-state index in [1.54, 1.807) is 22.7 Å². The van der Waals surface area contributed by atoms with E-state index < -0.39 is 0 Å². The maximum Gasteiger partial charge on any atom is 0.232 e. The van der Waals surface area contributed by atoms with Crippen molar-refractivity contribution in [1.29, 1.82) is 0 Å². The largest absolute Gasteiger partial charge is 0.302 e. The van der Waals surface area contributed by atoms with Crippen LogP contribution in [0.1, 0.15) is 35.5 Å². The molecule has 4 nitrogen and oxygen atoms in total. The molecule has 0 spiro atoms. The van der Waals surface area contributed by atoms with Gasteiger partial charge in [-0.15, -0.1) is 22.7 Å². The fraction of sp³-hybridized carbons (Fsp3) is 0.316. The molecule has 0 radical (unpaired) electrons. The van der Waals surface area contributed by atoms with Crippen molar-refractivity contribution in [2.75, 3.05) is 5.32 Å². The molecule has 0 aliphatic heterocycles. The number of aromatic nitrogens is 2. The summed E-state index contributed by atoms with van der Waals surface area (Å²) in [7, 11) is 0. The van der Waals surface area contributed by atoms with E-state index in [0.717, 1.165) is 34.2 Å². The van der Waals surface area contributed by atoms with Crippen LogP contribution in [0.25, 0.3) is 10.6 Å². The molecule has 0 atom stereocenters. The monoisotopic (exact) mass is 369 g/mol. The lowest BCUT2D eigenvalue weighted by atomic mass is 10.2. The highest BCUT2D eigenvalue weighted by atomic mass is 32.1. The van der Waals surface area contributed by atoms with Gasteiger partial charge in [-0.25, -0.2) is 9.97 Å². The molecule has 0 saturated carbocycles. The van der Waals surface area contributed by atoms with E-state index in [1.807, 2.05) is 35.7 Å². The van der Waals surface area contributed by atoms with E-state index in [2.05, 4.69) is 15.3 Å². The summed E-state index contributed by atoms with van der Waals surface area (Å²) in [6, 6.07) is 10.0. The minimum absolute atomic E-state index is 0.0474. The third kappa shape index (κ3) is 3.96. The van der Waals surface area contributed by atoms with Crippen molar-refractivity contribution in [1.82, 2.24) is 9.97 Å². The van der Waals surface area contributed by atoms with Crippen LogP contribution in [0.4, 0.5) is 5.13 Å². The number of rotatable bonds is 4. The molecular formula is C19H19N3OS2. The number of fused-ring (bicyclic) bond motifs is 1. The maximum absolute atomic E-state index is 12.3. The Morgan fingerprint density at radius 2 is 1.92 bits per heavy atom. The first-order valence-corrected chi connectivity index (χ1v) is 10.3. The van der Waals surface area contributed by atoms with Crippen molar-refractivity contribution in [3.8, 4) is 10.6 Å². The molecule has 25 heavy (non-hydrogen) atoms. The molecule has 0 saturated heterocycles. The van der Waals surface area contributed by atoms with Crippen LogP contribution in [0.3, 0.4) is 0 Å². The number of nitrogens with one attached hydrogen (secondary N) is 1. The molecule has 3 aromatic rings. The lowest BCUT2D eigenvalue weighted by Crippen LogP contribution is -2.14. The van der Waals surface area contributed by atoms with Crippen LogP contribution < -0.4 is 5.32 Å². The van der Waals surface area contributed by atoms with Crippen LogP contribution in [0.5, 0.6) is 0 Å². The Bertz CT molecular complexity index is 846. The summed E-state index contributed by atoms with van der Waals surface area (Å²) in [4.78, 5) is 22.9. The van der Waals surface area contributed by atoms with Gasteiger partial charge in [0.1, 0.15) is 5.01 Å². The van der Waals surface area contributed by atoms with Crippen molar-refractivity contribution in [2.45, 2.75) is 38.5 Å². The minimum Gasteiger partial charge on any atom is -0.302 e. The third-order valence-corrected chi connectivity index (χ3v) is 6.27. The highest BCUT2D eigenvalue weighted by molar-refractivity contribution is 7.15. The molecule has 2 heterocycles. The average molecular weight is 370 g/mol. The second-order valence-electron chi connectivity index (χ2n) is 6.18. The number of amides is 1. The normalized spacial score (nSPS) is 13.9. The van der Waals surface area contributed by atoms with Gasteiger partial charge in [0.25, 0.3) is 0 Å². The van der Waals surface area contributed by atoms with E-state index in [9.17, 15) is 4.79 Å². The topological polar surface area (TPSA) is 54.9 Å². The fourth-order valence-electron chi connectivity index (χ4n) is 3.01. The van der Waals surface area contributed by atoms with E-state index in [4.69, 9.17) is 0 Å². The molecule has 2 aromatic heterocycles. The maximum atomic E-state index is 12.3. The lowest BCUT2D eigenvalue weighted by molar-refractivity contribution is -0.115. The second-order valence-corrected chi connectivity index (χ2v) is 8.13. The molecule has 1 aliphatic carbocycles. The van der Waals surface area contributed by atoms with Crippen LogP contribution in [0, 0.1) is 0 Å². The van der Waals surface area contributed by atoms with Crippen molar-refractivity contribution in [3.63, 3.8) is 0 Å². The van der Waals surface area contributed by atoms with Gasteiger partial charge in [-0.2, -0.15) is 0 Å². The molecule has 6 heteroatoms. The van der Waals surface area contributed by atoms with Crippen LogP contribution in [0.15, 0.2) is 35.7 Å². The van der Waals surface area contributed by atoms with Gasteiger partial charge in [-0.3, -0.25) is 4.79 Å². The van der Waals surface area contributed by atoms with Crippen molar-refractivity contribution < 1.29 is 4.79 Å². The Kier molecular flexibility index (Phi) is 4.90. The summed E-state index contributed by atoms with van der Waals surface area (Å²) >= 11 is 3.20. The van der Waals surface area contributed by atoms with Gasteiger partial charge in [-0.1, -0.05) is 36.8 Å². The standard InChI is InChI=1S/C19H19N3OS2/c23-17(22-19-21-15-9-5-2-6-10-16(15)25-19)11-14-12-24-18(20-14)13-7-3-1-4-8-13/h1,3-4,7-8,12H,2,5-6,9-11H2,(H,21,22,23). The predicted molar refractivity (Wildman–Crippen MR) is 103 cm³/mol. The predicted octanol–water partition coefficient (Wildman–Crippen LogP) is 4.72. The van der Waals surface area contributed by atoms with E-state index in [1.165, 1.54) is 29.8 Å². The number of anilines is 1. The smallest absolute Gasteiger partial charge is 0.232 e. The van der Waals surface area contributed by atoms with E-state index in [0.29, 0.717) is 0 Å². The summed E-state index contributed by atoms with van der Waals surface area (Å²) in [5, 5.41) is 6.59. The Morgan fingerprint density at radius 3 is 2.80 bits per heavy atom. The first-order valence-electron chi connectivity index (χ1n) is 8.56. The van der Waals surface area contributed by atoms with Crippen LogP contribution >= 0.6 is 22.7 Å².